The van der Waals surface area contributed by atoms with Crippen molar-refractivity contribution in [3.8, 4) is 17.2 Å². The predicted molar refractivity (Wildman–Crippen MR) is 72.0 cm³/mol. The summed E-state index contributed by atoms with van der Waals surface area (Å²) >= 11 is 0. The molecule has 0 unspecified atom stereocenters. The van der Waals surface area contributed by atoms with Crippen LogP contribution in [0.1, 0.15) is 18.9 Å². The number of nitrogens with one attached hydrogen (secondary N) is 1. The van der Waals surface area contributed by atoms with E-state index in [0.717, 1.165) is 12.0 Å². The van der Waals surface area contributed by atoms with Gasteiger partial charge < -0.3 is 19.6 Å². The average Bonchev–Trinajstić information content (AvgIpc) is 2.42. The van der Waals surface area contributed by atoms with Gasteiger partial charge in [-0.3, -0.25) is 0 Å². The third-order valence-corrected chi connectivity index (χ3v) is 2.28. The van der Waals surface area contributed by atoms with Crippen LogP contribution in [0.25, 0.3) is 0 Å². The molecule has 1 aromatic rings. The fourth-order valence-electron chi connectivity index (χ4n) is 1.46. The van der Waals surface area contributed by atoms with Crippen LogP contribution in [-0.2, 0) is 0 Å². The molecule has 0 radical (unpaired) electrons. The molecule has 0 saturated carbocycles. The van der Waals surface area contributed by atoms with Crippen molar-refractivity contribution in [3.05, 3.63) is 17.7 Å². The van der Waals surface area contributed by atoms with E-state index in [1.54, 1.807) is 27.5 Å². The number of methoxy groups -OCH3 is 2. The quantitative estimate of drug-likeness (QED) is 0.596. The Bertz CT molecular complexity index is 380. The summed E-state index contributed by atoms with van der Waals surface area (Å²) in [6.45, 7) is 2.67. The van der Waals surface area contributed by atoms with Crippen LogP contribution in [0.5, 0.6) is 17.2 Å². The lowest BCUT2D eigenvalue weighted by Gasteiger charge is -2.14. The van der Waals surface area contributed by atoms with Crippen LogP contribution in [-0.4, -0.2) is 34.1 Å². The minimum absolute atomic E-state index is 0.622. The van der Waals surface area contributed by atoms with E-state index in [9.17, 15) is 0 Å². The standard InChI is InChI=1S/C13H20N2O3/c1-5-6-18-13-11(16-3)7-10(9-15-14-2)8-12(13)17-4/h7-9,14H,5-6H2,1-4H3/b15-9+. The van der Waals surface area contributed by atoms with Gasteiger partial charge in [0.15, 0.2) is 11.5 Å². The van der Waals surface area contributed by atoms with Gasteiger partial charge in [-0.2, -0.15) is 5.10 Å². The Kier molecular flexibility index (Phi) is 5.84. The molecule has 0 bridgehead atoms. The normalized spacial score (nSPS) is 10.4. The average molecular weight is 252 g/mol. The van der Waals surface area contributed by atoms with Gasteiger partial charge in [-0.25, -0.2) is 0 Å². The van der Waals surface area contributed by atoms with E-state index in [1.807, 2.05) is 19.1 Å². The Hall–Kier alpha value is -1.91. The van der Waals surface area contributed by atoms with E-state index in [2.05, 4.69) is 10.5 Å². The van der Waals surface area contributed by atoms with Crippen molar-refractivity contribution in [2.75, 3.05) is 27.9 Å². The molecular formula is C13H20N2O3. The molecule has 18 heavy (non-hydrogen) atoms. The molecule has 1 rings (SSSR count). The predicted octanol–water partition coefficient (Wildman–Crippen LogP) is 2.05. The van der Waals surface area contributed by atoms with Gasteiger partial charge in [-0.1, -0.05) is 6.92 Å². The molecule has 5 heteroatoms. The van der Waals surface area contributed by atoms with Crippen molar-refractivity contribution in [2.45, 2.75) is 13.3 Å². The molecule has 0 aliphatic heterocycles. The van der Waals surface area contributed by atoms with Gasteiger partial charge in [0, 0.05) is 12.6 Å². The van der Waals surface area contributed by atoms with Crippen LogP contribution in [0.3, 0.4) is 0 Å². The second kappa shape index (κ2) is 7.42. The van der Waals surface area contributed by atoms with Gasteiger partial charge in [0.2, 0.25) is 5.75 Å². The fraction of sp³-hybridized carbons (Fsp3) is 0.462. The molecule has 100 valence electrons. The van der Waals surface area contributed by atoms with Gasteiger partial charge in [0.25, 0.3) is 0 Å². The van der Waals surface area contributed by atoms with Crippen molar-refractivity contribution in [3.63, 3.8) is 0 Å². The van der Waals surface area contributed by atoms with E-state index in [-0.39, 0.29) is 0 Å². The number of ether oxygens (including phenoxy) is 3. The summed E-state index contributed by atoms with van der Waals surface area (Å²) < 4.78 is 16.3. The molecule has 0 atom stereocenters. The Labute approximate surface area is 108 Å². The monoisotopic (exact) mass is 252 g/mol. The number of hydrogen-bond acceptors (Lipinski definition) is 5. The molecule has 1 N–H and O–H groups in total. The molecule has 5 nitrogen and oxygen atoms in total. The number of rotatable bonds is 7. The highest BCUT2D eigenvalue weighted by atomic mass is 16.5. The van der Waals surface area contributed by atoms with Crippen LogP contribution in [0.2, 0.25) is 0 Å². The fourth-order valence-corrected chi connectivity index (χ4v) is 1.46. The van der Waals surface area contributed by atoms with E-state index in [4.69, 9.17) is 14.2 Å². The highest BCUT2D eigenvalue weighted by Gasteiger charge is 2.13. The Morgan fingerprint density at radius 2 is 1.83 bits per heavy atom. The highest BCUT2D eigenvalue weighted by Crippen LogP contribution is 2.38. The van der Waals surface area contributed by atoms with Crippen LogP contribution in [0, 0.1) is 0 Å². The van der Waals surface area contributed by atoms with Gasteiger partial charge in [0.05, 0.1) is 27.0 Å². The molecule has 0 aromatic heterocycles. The number of nitrogens with zero attached hydrogens (tertiary/aromatic N) is 1. The van der Waals surface area contributed by atoms with Gasteiger partial charge in [-0.05, 0) is 18.6 Å². The molecule has 0 fully saturated rings. The molecular weight excluding hydrogens is 232 g/mol. The summed E-state index contributed by atoms with van der Waals surface area (Å²) in [7, 11) is 4.95. The molecule has 0 spiro atoms. The summed E-state index contributed by atoms with van der Waals surface area (Å²) in [4.78, 5) is 0. The van der Waals surface area contributed by atoms with Gasteiger partial charge in [0.1, 0.15) is 0 Å². The molecule has 0 amide bonds. The number of hydrazone groups is 1. The lowest BCUT2D eigenvalue weighted by Crippen LogP contribution is -2.02. The largest absolute Gasteiger partial charge is 0.493 e. The first kappa shape index (κ1) is 14.2. The van der Waals surface area contributed by atoms with Crippen molar-refractivity contribution in [1.82, 2.24) is 5.43 Å². The zero-order valence-corrected chi connectivity index (χ0v) is 11.3. The van der Waals surface area contributed by atoms with E-state index in [0.29, 0.717) is 23.9 Å². The molecule has 1 aromatic carbocycles. The van der Waals surface area contributed by atoms with Crippen LogP contribution >= 0.6 is 0 Å². The second-order valence-electron chi connectivity index (χ2n) is 3.58. The summed E-state index contributed by atoms with van der Waals surface area (Å²) in [5, 5.41) is 3.96. The maximum atomic E-state index is 5.65. The molecule has 0 saturated heterocycles. The number of hydrogen-bond donors (Lipinski definition) is 1. The third kappa shape index (κ3) is 3.55. The van der Waals surface area contributed by atoms with Crippen molar-refractivity contribution in [2.24, 2.45) is 5.10 Å². The van der Waals surface area contributed by atoms with E-state index < -0.39 is 0 Å². The van der Waals surface area contributed by atoms with Crippen LogP contribution in [0.15, 0.2) is 17.2 Å². The maximum Gasteiger partial charge on any atom is 0.203 e. The zero-order chi connectivity index (χ0) is 13.4. The first-order chi connectivity index (χ1) is 8.76. The van der Waals surface area contributed by atoms with Gasteiger partial charge in [-0.15, -0.1) is 0 Å². The topological polar surface area (TPSA) is 52.1 Å². The van der Waals surface area contributed by atoms with Crippen molar-refractivity contribution < 1.29 is 14.2 Å². The summed E-state index contributed by atoms with van der Waals surface area (Å²) in [6, 6.07) is 3.71. The summed E-state index contributed by atoms with van der Waals surface area (Å²) in [6.07, 6.45) is 2.61. The van der Waals surface area contributed by atoms with Gasteiger partial charge >= 0.3 is 0 Å². The Balaban J connectivity index is 3.12. The molecule has 0 heterocycles. The zero-order valence-electron chi connectivity index (χ0n) is 11.3. The lowest BCUT2D eigenvalue weighted by molar-refractivity contribution is 0.275. The third-order valence-electron chi connectivity index (χ3n) is 2.28. The van der Waals surface area contributed by atoms with Crippen molar-refractivity contribution >= 4 is 6.21 Å². The van der Waals surface area contributed by atoms with Crippen LogP contribution < -0.4 is 19.6 Å². The van der Waals surface area contributed by atoms with Crippen molar-refractivity contribution in [1.29, 1.82) is 0 Å². The molecule has 0 aliphatic rings. The Morgan fingerprint density at radius 3 is 2.28 bits per heavy atom. The van der Waals surface area contributed by atoms with E-state index >= 15 is 0 Å². The Morgan fingerprint density at radius 1 is 1.22 bits per heavy atom. The molecule has 0 aliphatic carbocycles. The minimum atomic E-state index is 0.622. The first-order valence-electron chi connectivity index (χ1n) is 5.85. The minimum Gasteiger partial charge on any atom is -0.493 e. The summed E-state index contributed by atoms with van der Waals surface area (Å²) in [5.74, 6) is 1.91. The second-order valence-corrected chi connectivity index (χ2v) is 3.58. The SMILES string of the molecule is CCCOc1c(OC)cc(/C=N/NC)cc1OC. The smallest absolute Gasteiger partial charge is 0.203 e. The lowest BCUT2D eigenvalue weighted by atomic mass is 10.2. The summed E-state index contributed by atoms with van der Waals surface area (Å²) in [5.41, 5.74) is 3.57. The van der Waals surface area contributed by atoms with E-state index in [1.165, 1.54) is 0 Å². The maximum absolute atomic E-state index is 5.65. The first-order valence-corrected chi connectivity index (χ1v) is 5.85. The highest BCUT2D eigenvalue weighted by molar-refractivity contribution is 5.82. The number of benzene rings is 1. The van der Waals surface area contributed by atoms with Crippen LogP contribution in [0.4, 0.5) is 0 Å².